The predicted molar refractivity (Wildman–Crippen MR) is 81.2 cm³/mol. The van der Waals surface area contributed by atoms with E-state index in [1.165, 1.54) is 0 Å². The molecule has 5 nitrogen and oxygen atoms in total. The lowest BCUT2D eigenvalue weighted by Crippen LogP contribution is -2.36. The highest BCUT2D eigenvalue weighted by Gasteiger charge is 2.18. The lowest BCUT2D eigenvalue weighted by atomic mass is 10.4. The zero-order valence-corrected chi connectivity index (χ0v) is 13.0. The summed E-state index contributed by atoms with van der Waals surface area (Å²) in [4.78, 5) is 21.1. The Morgan fingerprint density at radius 3 is 2.89 bits per heavy atom. The number of rotatable bonds is 4. The van der Waals surface area contributed by atoms with Gasteiger partial charge in [0.05, 0.1) is 0 Å². The Morgan fingerprint density at radius 2 is 2.16 bits per heavy atom. The van der Waals surface area contributed by atoms with E-state index < -0.39 is 0 Å². The van der Waals surface area contributed by atoms with E-state index in [0.29, 0.717) is 12.4 Å². The first-order chi connectivity index (χ1) is 9.26. The van der Waals surface area contributed by atoms with Gasteiger partial charge in [0.15, 0.2) is 5.82 Å². The van der Waals surface area contributed by atoms with E-state index in [1.54, 1.807) is 17.0 Å². The summed E-state index contributed by atoms with van der Waals surface area (Å²) >= 11 is 3.48. The third-order valence-electron chi connectivity index (χ3n) is 3.53. The maximum Gasteiger partial charge on any atom is 0.293 e. The highest BCUT2D eigenvalue weighted by molar-refractivity contribution is 9.09. The van der Waals surface area contributed by atoms with E-state index in [2.05, 4.69) is 30.7 Å². The monoisotopic (exact) mass is 328 g/mol. The minimum Gasteiger partial charge on any atom is -0.351 e. The van der Waals surface area contributed by atoms with Gasteiger partial charge in [-0.3, -0.25) is 4.79 Å². The Morgan fingerprint density at radius 1 is 1.32 bits per heavy atom. The van der Waals surface area contributed by atoms with Gasteiger partial charge in [-0.25, -0.2) is 4.98 Å². The van der Waals surface area contributed by atoms with Gasteiger partial charge in [0.25, 0.3) is 5.56 Å². The van der Waals surface area contributed by atoms with Crippen molar-refractivity contribution in [2.45, 2.75) is 19.9 Å². The fourth-order valence-electron chi connectivity index (χ4n) is 2.43. The third kappa shape index (κ3) is 3.57. The van der Waals surface area contributed by atoms with Crippen molar-refractivity contribution in [1.82, 2.24) is 14.5 Å². The second kappa shape index (κ2) is 7.05. The average molecular weight is 329 g/mol. The van der Waals surface area contributed by atoms with Crippen LogP contribution in [0.3, 0.4) is 0 Å². The highest BCUT2D eigenvalue weighted by Crippen LogP contribution is 2.09. The molecule has 1 aromatic heterocycles. The van der Waals surface area contributed by atoms with Crippen LogP contribution < -0.4 is 10.5 Å². The van der Waals surface area contributed by atoms with Crippen LogP contribution in [0.2, 0.25) is 0 Å². The molecule has 0 spiro atoms. The Hall–Kier alpha value is -0.880. The van der Waals surface area contributed by atoms with Crippen molar-refractivity contribution >= 4 is 21.7 Å². The van der Waals surface area contributed by atoms with Crippen LogP contribution in [-0.2, 0) is 6.54 Å². The second-order valence-electron chi connectivity index (χ2n) is 4.71. The summed E-state index contributed by atoms with van der Waals surface area (Å²) in [5.41, 5.74) is 0.0268. The molecule has 0 unspecified atom stereocenters. The molecule has 106 valence electrons. The summed E-state index contributed by atoms with van der Waals surface area (Å²) in [6.07, 6.45) is 4.55. The molecule has 0 saturated carbocycles. The lowest BCUT2D eigenvalue weighted by Gasteiger charge is -2.22. The van der Waals surface area contributed by atoms with E-state index in [9.17, 15) is 4.79 Å². The van der Waals surface area contributed by atoms with E-state index in [0.717, 1.165) is 44.5 Å². The quantitative estimate of drug-likeness (QED) is 0.778. The molecule has 1 aliphatic heterocycles. The van der Waals surface area contributed by atoms with Gasteiger partial charge in [-0.2, -0.15) is 0 Å². The molecule has 1 aromatic rings. The fraction of sp³-hybridized carbons (Fsp3) is 0.692. The minimum absolute atomic E-state index is 0.0268. The number of aryl methyl sites for hydroxylation is 1. The van der Waals surface area contributed by atoms with Crippen LogP contribution in [0.25, 0.3) is 0 Å². The lowest BCUT2D eigenvalue weighted by molar-refractivity contribution is 0.313. The summed E-state index contributed by atoms with van der Waals surface area (Å²) in [5.74, 6) is 0.602. The van der Waals surface area contributed by atoms with E-state index in [-0.39, 0.29) is 5.56 Å². The number of anilines is 1. The van der Waals surface area contributed by atoms with Crippen LogP contribution in [0.4, 0.5) is 5.82 Å². The van der Waals surface area contributed by atoms with Crippen molar-refractivity contribution in [2.75, 3.05) is 43.0 Å². The molecule has 2 heterocycles. The molecule has 0 N–H and O–H groups in total. The summed E-state index contributed by atoms with van der Waals surface area (Å²) in [6.45, 7) is 7.61. The number of halogens is 1. The fourth-order valence-corrected chi connectivity index (χ4v) is 2.93. The molecule has 0 amide bonds. The van der Waals surface area contributed by atoms with E-state index >= 15 is 0 Å². The number of hydrogen-bond acceptors (Lipinski definition) is 4. The molecule has 2 rings (SSSR count). The first kappa shape index (κ1) is 14.5. The molecule has 0 aliphatic carbocycles. The standard InChI is InChI=1S/C13H21BrN4O/c1-2-17-9-5-15-12(13(17)19)18-7-3-6-16(8-4-14)10-11-18/h5,9H,2-4,6-8,10-11H2,1H3. The smallest absolute Gasteiger partial charge is 0.293 e. The maximum atomic E-state index is 12.3. The van der Waals surface area contributed by atoms with Crippen molar-refractivity contribution in [3.63, 3.8) is 0 Å². The molecule has 0 radical (unpaired) electrons. The van der Waals surface area contributed by atoms with Crippen LogP contribution in [0, 0.1) is 0 Å². The van der Waals surface area contributed by atoms with Crippen LogP contribution in [-0.4, -0.2) is 52.5 Å². The first-order valence-corrected chi connectivity index (χ1v) is 7.97. The van der Waals surface area contributed by atoms with Crippen LogP contribution >= 0.6 is 15.9 Å². The number of alkyl halides is 1. The van der Waals surface area contributed by atoms with Gasteiger partial charge < -0.3 is 14.4 Å². The molecule has 0 bridgehead atoms. The second-order valence-corrected chi connectivity index (χ2v) is 5.51. The summed E-state index contributed by atoms with van der Waals surface area (Å²) < 4.78 is 1.71. The Labute approximate surface area is 122 Å². The van der Waals surface area contributed by atoms with Crippen LogP contribution in [0.5, 0.6) is 0 Å². The van der Waals surface area contributed by atoms with Gasteiger partial charge in [-0.1, -0.05) is 15.9 Å². The summed E-state index contributed by atoms with van der Waals surface area (Å²) in [5, 5.41) is 0.999. The van der Waals surface area contributed by atoms with E-state index in [1.807, 2.05) is 6.92 Å². The molecular weight excluding hydrogens is 308 g/mol. The van der Waals surface area contributed by atoms with Crippen molar-refractivity contribution in [2.24, 2.45) is 0 Å². The molecular formula is C13H21BrN4O. The van der Waals surface area contributed by atoms with Crippen molar-refractivity contribution < 1.29 is 0 Å². The average Bonchev–Trinajstić information content (AvgIpc) is 2.65. The molecule has 1 fully saturated rings. The van der Waals surface area contributed by atoms with Crippen molar-refractivity contribution in [1.29, 1.82) is 0 Å². The third-order valence-corrected chi connectivity index (χ3v) is 3.88. The number of hydrogen-bond donors (Lipinski definition) is 0. The maximum absolute atomic E-state index is 12.3. The van der Waals surface area contributed by atoms with Crippen molar-refractivity contribution in [3.8, 4) is 0 Å². The minimum atomic E-state index is 0.0268. The molecule has 6 heteroatoms. The molecule has 0 atom stereocenters. The molecule has 1 saturated heterocycles. The predicted octanol–water partition coefficient (Wildman–Crippen LogP) is 1.17. The molecule has 0 aromatic carbocycles. The zero-order chi connectivity index (χ0) is 13.7. The largest absolute Gasteiger partial charge is 0.351 e. The zero-order valence-electron chi connectivity index (χ0n) is 11.4. The Kier molecular flexibility index (Phi) is 5.39. The normalized spacial score (nSPS) is 17.5. The van der Waals surface area contributed by atoms with Gasteiger partial charge in [0, 0.05) is 50.4 Å². The topological polar surface area (TPSA) is 41.4 Å². The number of nitrogens with zero attached hydrogens (tertiary/aromatic N) is 4. The van der Waals surface area contributed by atoms with Gasteiger partial charge >= 0.3 is 0 Å². The molecule has 19 heavy (non-hydrogen) atoms. The van der Waals surface area contributed by atoms with Crippen LogP contribution in [0.15, 0.2) is 17.2 Å². The number of aromatic nitrogens is 2. The van der Waals surface area contributed by atoms with Gasteiger partial charge in [0.1, 0.15) is 0 Å². The summed E-state index contributed by atoms with van der Waals surface area (Å²) in [7, 11) is 0. The van der Waals surface area contributed by atoms with Crippen molar-refractivity contribution in [3.05, 3.63) is 22.7 Å². The van der Waals surface area contributed by atoms with E-state index in [4.69, 9.17) is 0 Å². The molecule has 1 aliphatic rings. The Balaban J connectivity index is 2.12. The van der Waals surface area contributed by atoms with Crippen LogP contribution in [0.1, 0.15) is 13.3 Å². The first-order valence-electron chi connectivity index (χ1n) is 6.85. The summed E-state index contributed by atoms with van der Waals surface area (Å²) in [6, 6.07) is 0. The Bertz CT molecular complexity index is 462. The highest BCUT2D eigenvalue weighted by atomic mass is 79.9. The van der Waals surface area contributed by atoms with Gasteiger partial charge in [-0.05, 0) is 19.9 Å². The SMILES string of the molecule is CCn1ccnc(N2CCCN(CCBr)CC2)c1=O. The van der Waals surface area contributed by atoms with Gasteiger partial charge in [-0.15, -0.1) is 0 Å². The van der Waals surface area contributed by atoms with Gasteiger partial charge in [0.2, 0.25) is 0 Å².